The van der Waals surface area contributed by atoms with Gasteiger partial charge in [-0.25, -0.2) is 22.9 Å². The number of carbonyl (C=O) groups is 1. The minimum Gasteiger partial charge on any atom is -0.270 e. The SMILES string of the molecule is C=CCS(=O)(=O)NC(=O)NN1CC2CCC[C@H]2C1. The molecule has 7 heteroatoms. The summed E-state index contributed by atoms with van der Waals surface area (Å²) in [5, 5.41) is 1.81. The fourth-order valence-electron chi connectivity index (χ4n) is 2.83. The van der Waals surface area contributed by atoms with Gasteiger partial charge in [-0.1, -0.05) is 12.5 Å². The van der Waals surface area contributed by atoms with E-state index in [4.69, 9.17) is 0 Å². The summed E-state index contributed by atoms with van der Waals surface area (Å²) < 4.78 is 24.7. The molecule has 0 bridgehead atoms. The zero-order chi connectivity index (χ0) is 13.2. The van der Waals surface area contributed by atoms with Crippen molar-refractivity contribution in [3.8, 4) is 0 Å². The summed E-state index contributed by atoms with van der Waals surface area (Å²) in [5.41, 5.74) is 2.59. The Bertz CT molecular complexity index is 423. The van der Waals surface area contributed by atoms with Gasteiger partial charge in [-0.3, -0.25) is 5.43 Å². The van der Waals surface area contributed by atoms with Crippen LogP contribution in [-0.4, -0.2) is 38.3 Å². The van der Waals surface area contributed by atoms with Crippen molar-refractivity contribution >= 4 is 16.1 Å². The molecule has 0 radical (unpaired) electrons. The molecule has 2 N–H and O–H groups in total. The van der Waals surface area contributed by atoms with Gasteiger partial charge in [0.05, 0.1) is 5.75 Å². The second kappa shape index (κ2) is 5.27. The van der Waals surface area contributed by atoms with Crippen LogP contribution < -0.4 is 10.1 Å². The van der Waals surface area contributed by atoms with E-state index < -0.39 is 16.1 Å². The third-order valence-electron chi connectivity index (χ3n) is 3.57. The topological polar surface area (TPSA) is 78.5 Å². The highest BCUT2D eigenvalue weighted by Crippen LogP contribution is 2.36. The Morgan fingerprint density at radius 2 is 1.94 bits per heavy atom. The van der Waals surface area contributed by atoms with Crippen molar-refractivity contribution < 1.29 is 13.2 Å². The Hall–Kier alpha value is -1.08. The number of hydrogen-bond donors (Lipinski definition) is 2. The zero-order valence-corrected chi connectivity index (χ0v) is 11.1. The Morgan fingerprint density at radius 3 is 2.50 bits per heavy atom. The van der Waals surface area contributed by atoms with E-state index in [0.29, 0.717) is 11.8 Å². The highest BCUT2D eigenvalue weighted by Gasteiger charge is 2.36. The summed E-state index contributed by atoms with van der Waals surface area (Å²) in [6.45, 7) is 4.97. The Morgan fingerprint density at radius 1 is 1.33 bits per heavy atom. The van der Waals surface area contributed by atoms with Crippen LogP contribution in [0.15, 0.2) is 12.7 Å². The van der Waals surface area contributed by atoms with Gasteiger partial charge >= 0.3 is 6.03 Å². The summed E-state index contributed by atoms with van der Waals surface area (Å²) in [4.78, 5) is 11.5. The molecule has 1 aliphatic carbocycles. The third-order valence-corrected chi connectivity index (χ3v) is 4.74. The van der Waals surface area contributed by atoms with E-state index in [1.165, 1.54) is 25.3 Å². The molecular weight excluding hydrogens is 254 g/mol. The number of fused-ring (bicyclic) bond motifs is 1. The molecule has 0 aromatic carbocycles. The molecule has 2 rings (SSSR count). The number of nitrogens with zero attached hydrogens (tertiary/aromatic N) is 1. The highest BCUT2D eigenvalue weighted by atomic mass is 32.2. The highest BCUT2D eigenvalue weighted by molar-refractivity contribution is 7.90. The average molecular weight is 273 g/mol. The van der Waals surface area contributed by atoms with Crippen LogP contribution >= 0.6 is 0 Å². The third kappa shape index (κ3) is 3.23. The first kappa shape index (κ1) is 13.4. The lowest BCUT2D eigenvalue weighted by molar-refractivity contribution is 0.195. The average Bonchev–Trinajstić information content (AvgIpc) is 2.75. The fraction of sp³-hybridized carbons (Fsp3) is 0.727. The van der Waals surface area contributed by atoms with Crippen LogP contribution in [0, 0.1) is 11.8 Å². The summed E-state index contributed by atoms with van der Waals surface area (Å²) in [5.74, 6) is 1.04. The molecule has 102 valence electrons. The number of sulfonamides is 1. The van der Waals surface area contributed by atoms with Gasteiger partial charge in [-0.2, -0.15) is 0 Å². The van der Waals surface area contributed by atoms with Crippen molar-refractivity contribution in [1.82, 2.24) is 15.2 Å². The Kier molecular flexibility index (Phi) is 3.91. The fourth-order valence-corrected chi connectivity index (χ4v) is 3.55. The molecule has 0 aromatic heterocycles. The lowest BCUT2D eigenvalue weighted by Gasteiger charge is -2.18. The molecule has 1 saturated carbocycles. The molecule has 2 atom stereocenters. The van der Waals surface area contributed by atoms with E-state index in [1.807, 2.05) is 9.73 Å². The monoisotopic (exact) mass is 273 g/mol. The minimum absolute atomic E-state index is 0.258. The van der Waals surface area contributed by atoms with E-state index in [1.54, 1.807) is 0 Å². The normalized spacial score (nSPS) is 27.8. The van der Waals surface area contributed by atoms with Crippen molar-refractivity contribution in [2.75, 3.05) is 18.8 Å². The van der Waals surface area contributed by atoms with Crippen LogP contribution in [0.25, 0.3) is 0 Å². The predicted molar refractivity (Wildman–Crippen MR) is 68.1 cm³/mol. The van der Waals surface area contributed by atoms with Crippen LogP contribution in [0.1, 0.15) is 19.3 Å². The molecule has 1 heterocycles. The van der Waals surface area contributed by atoms with Gasteiger partial charge < -0.3 is 0 Å². The molecule has 18 heavy (non-hydrogen) atoms. The molecule has 2 aliphatic rings. The van der Waals surface area contributed by atoms with E-state index in [-0.39, 0.29) is 5.75 Å². The zero-order valence-electron chi connectivity index (χ0n) is 10.3. The van der Waals surface area contributed by atoms with Gasteiger partial charge in [0.2, 0.25) is 10.0 Å². The molecular formula is C11H19N3O3S. The molecule has 1 saturated heterocycles. The van der Waals surface area contributed by atoms with Gasteiger partial charge in [0.1, 0.15) is 0 Å². The number of amides is 2. The van der Waals surface area contributed by atoms with Gasteiger partial charge in [-0.05, 0) is 24.7 Å². The number of rotatable bonds is 4. The quantitative estimate of drug-likeness (QED) is 0.729. The molecule has 2 amide bonds. The second-order valence-corrected chi connectivity index (χ2v) is 6.74. The lowest BCUT2D eigenvalue weighted by Crippen LogP contribution is -2.48. The summed E-state index contributed by atoms with van der Waals surface area (Å²) in [6.07, 6.45) is 4.93. The second-order valence-electron chi connectivity index (χ2n) is 4.97. The molecule has 1 aliphatic heterocycles. The first-order valence-corrected chi connectivity index (χ1v) is 7.82. The van der Waals surface area contributed by atoms with Gasteiger partial charge in [-0.15, -0.1) is 6.58 Å². The summed E-state index contributed by atoms with van der Waals surface area (Å²) in [7, 11) is -3.60. The molecule has 0 spiro atoms. The Balaban J connectivity index is 1.80. The van der Waals surface area contributed by atoms with E-state index >= 15 is 0 Å². The lowest BCUT2D eigenvalue weighted by atomic mass is 10.0. The van der Waals surface area contributed by atoms with Crippen LogP contribution in [-0.2, 0) is 10.0 Å². The number of hydrazine groups is 1. The maximum Gasteiger partial charge on any atom is 0.342 e. The van der Waals surface area contributed by atoms with E-state index in [0.717, 1.165) is 13.1 Å². The van der Waals surface area contributed by atoms with E-state index in [9.17, 15) is 13.2 Å². The number of nitrogens with one attached hydrogen (secondary N) is 2. The maximum absolute atomic E-state index is 11.5. The van der Waals surface area contributed by atoms with Crippen LogP contribution in [0.3, 0.4) is 0 Å². The van der Waals surface area contributed by atoms with Crippen molar-refractivity contribution in [3.63, 3.8) is 0 Å². The summed E-state index contributed by atoms with van der Waals surface area (Å²) >= 11 is 0. The maximum atomic E-state index is 11.5. The summed E-state index contributed by atoms with van der Waals surface area (Å²) in [6, 6.07) is -0.683. The molecule has 6 nitrogen and oxygen atoms in total. The minimum atomic E-state index is -3.60. The largest absolute Gasteiger partial charge is 0.342 e. The van der Waals surface area contributed by atoms with Crippen molar-refractivity contribution in [2.45, 2.75) is 19.3 Å². The van der Waals surface area contributed by atoms with E-state index in [2.05, 4.69) is 12.0 Å². The standard InChI is InChI=1S/C11H19N3O3S/c1-2-6-18(16,17)13-11(15)12-14-7-9-4-3-5-10(9)8-14/h2,9-10H,1,3-8H2,(H2,12,13,15)/t9-,10?/m0/s1. The number of carbonyl (C=O) groups excluding carboxylic acids is 1. The van der Waals surface area contributed by atoms with Gasteiger partial charge in [0, 0.05) is 13.1 Å². The smallest absolute Gasteiger partial charge is 0.270 e. The van der Waals surface area contributed by atoms with Crippen molar-refractivity contribution in [3.05, 3.63) is 12.7 Å². The number of hydrogen-bond acceptors (Lipinski definition) is 4. The van der Waals surface area contributed by atoms with Gasteiger partial charge in [0.15, 0.2) is 0 Å². The number of urea groups is 1. The molecule has 2 fully saturated rings. The Labute approximate surface area is 107 Å². The van der Waals surface area contributed by atoms with Crippen molar-refractivity contribution in [1.29, 1.82) is 0 Å². The first-order valence-electron chi connectivity index (χ1n) is 6.17. The van der Waals surface area contributed by atoms with Crippen LogP contribution in [0.4, 0.5) is 4.79 Å². The first-order chi connectivity index (χ1) is 8.50. The van der Waals surface area contributed by atoms with Gasteiger partial charge in [0.25, 0.3) is 0 Å². The van der Waals surface area contributed by atoms with Crippen molar-refractivity contribution in [2.24, 2.45) is 11.8 Å². The predicted octanol–water partition coefficient (Wildman–Crippen LogP) is 0.448. The molecule has 1 unspecified atom stereocenters. The van der Waals surface area contributed by atoms with Crippen LogP contribution in [0.5, 0.6) is 0 Å². The molecule has 0 aromatic rings. The van der Waals surface area contributed by atoms with Crippen LogP contribution in [0.2, 0.25) is 0 Å².